The molecule has 40 heavy (non-hydrogen) atoms. The second kappa shape index (κ2) is 9.17. The van der Waals surface area contributed by atoms with Crippen molar-refractivity contribution in [3.8, 4) is 39.4 Å². The predicted molar refractivity (Wildman–Crippen MR) is 173 cm³/mol. The topological polar surface area (TPSA) is 23.8 Å². The summed E-state index contributed by atoms with van der Waals surface area (Å²) in [5.74, 6) is 0. The summed E-state index contributed by atoms with van der Waals surface area (Å²) in [6.45, 7) is 0. The number of rotatable bonds is 3. The Bertz CT molecular complexity index is 2280. The van der Waals surface area contributed by atoms with E-state index in [4.69, 9.17) is 0 Å². The highest BCUT2D eigenvalue weighted by molar-refractivity contribution is 7.26. The fraction of sp³-hybridized carbons (Fsp3) is 0. The molecule has 0 spiro atoms. The number of nitriles is 1. The Balaban J connectivity index is 1.31. The molecule has 8 aromatic rings. The van der Waals surface area contributed by atoms with Crippen LogP contribution < -0.4 is 0 Å². The first-order valence-corrected chi connectivity index (χ1v) is 14.9. The van der Waals surface area contributed by atoms with E-state index >= 15 is 0 Å². The highest BCUT2D eigenvalue weighted by Crippen LogP contribution is 2.41. The van der Waals surface area contributed by atoms with Gasteiger partial charge in [-0.1, -0.05) is 84.9 Å². The lowest BCUT2D eigenvalue weighted by Gasteiger charge is -2.14. The van der Waals surface area contributed by atoms with Gasteiger partial charge in [0.1, 0.15) is 0 Å². The maximum absolute atomic E-state index is 9.38. The van der Waals surface area contributed by atoms with Gasteiger partial charge in [0.25, 0.3) is 0 Å². The summed E-state index contributed by atoms with van der Waals surface area (Å²) in [4.78, 5) is 0. The van der Waals surface area contributed by atoms with E-state index in [9.17, 15) is 5.26 Å². The van der Waals surface area contributed by atoms with Gasteiger partial charge in [-0.15, -0.1) is 22.7 Å². The van der Waals surface area contributed by atoms with E-state index in [2.05, 4.69) is 121 Å². The van der Waals surface area contributed by atoms with Crippen molar-refractivity contribution in [3.05, 3.63) is 133 Å². The first-order valence-electron chi connectivity index (χ1n) is 13.2. The number of nitrogens with zero attached hydrogens (tertiary/aromatic N) is 1. The van der Waals surface area contributed by atoms with Crippen LogP contribution in [0.4, 0.5) is 0 Å². The molecule has 3 heteroatoms. The van der Waals surface area contributed by atoms with Gasteiger partial charge in [0.15, 0.2) is 0 Å². The zero-order valence-electron chi connectivity index (χ0n) is 21.4. The van der Waals surface area contributed by atoms with E-state index in [1.54, 1.807) is 0 Å². The maximum atomic E-state index is 9.38. The largest absolute Gasteiger partial charge is 0.192 e. The van der Waals surface area contributed by atoms with Crippen LogP contribution in [0.3, 0.4) is 0 Å². The molecule has 0 atom stereocenters. The average molecular weight is 544 g/mol. The third-order valence-corrected chi connectivity index (χ3v) is 10.0. The molecule has 1 nitrogen and oxygen atoms in total. The summed E-state index contributed by atoms with van der Waals surface area (Å²) in [5.41, 5.74) is 7.73. The molecule has 0 radical (unpaired) electrons. The Morgan fingerprint density at radius 3 is 1.55 bits per heavy atom. The summed E-state index contributed by atoms with van der Waals surface area (Å²) in [7, 11) is 0. The molecule has 0 bridgehead atoms. The van der Waals surface area contributed by atoms with Crippen LogP contribution in [-0.4, -0.2) is 0 Å². The van der Waals surface area contributed by atoms with Crippen molar-refractivity contribution in [2.45, 2.75) is 0 Å². The minimum atomic E-state index is 0.670. The van der Waals surface area contributed by atoms with Crippen LogP contribution in [0.25, 0.3) is 73.7 Å². The highest BCUT2D eigenvalue weighted by atomic mass is 32.1. The normalized spacial score (nSPS) is 11.5. The van der Waals surface area contributed by atoms with E-state index in [0.717, 1.165) is 5.56 Å². The number of fused-ring (bicyclic) bond motifs is 6. The van der Waals surface area contributed by atoms with Crippen molar-refractivity contribution in [1.29, 1.82) is 5.26 Å². The van der Waals surface area contributed by atoms with E-state index in [0.29, 0.717) is 5.56 Å². The lowest BCUT2D eigenvalue weighted by atomic mass is 9.90. The van der Waals surface area contributed by atoms with Gasteiger partial charge in [-0.05, 0) is 75.8 Å². The molecule has 0 fully saturated rings. The van der Waals surface area contributed by atoms with E-state index < -0.39 is 0 Å². The predicted octanol–water partition coefficient (Wildman–Crippen LogP) is 11.3. The van der Waals surface area contributed by atoms with E-state index in [1.165, 1.54) is 68.2 Å². The fourth-order valence-electron chi connectivity index (χ4n) is 5.74. The Kier molecular flexibility index (Phi) is 5.31. The third-order valence-electron chi connectivity index (χ3n) is 7.75. The molecule has 0 aliphatic carbocycles. The molecule has 0 saturated heterocycles. The van der Waals surface area contributed by atoms with Crippen molar-refractivity contribution in [2.75, 3.05) is 0 Å². The average Bonchev–Trinajstić information content (AvgIpc) is 3.58. The Hall–Kier alpha value is -4.75. The zero-order chi connectivity index (χ0) is 26.6. The molecular formula is C37H21NS2. The molecule has 0 saturated carbocycles. The minimum Gasteiger partial charge on any atom is -0.192 e. The van der Waals surface area contributed by atoms with Crippen molar-refractivity contribution in [3.63, 3.8) is 0 Å². The summed E-state index contributed by atoms with van der Waals surface area (Å²) >= 11 is 3.69. The van der Waals surface area contributed by atoms with E-state index in [-0.39, 0.29) is 0 Å². The maximum Gasteiger partial charge on any atom is 0.0991 e. The van der Waals surface area contributed by atoms with Crippen LogP contribution in [0.5, 0.6) is 0 Å². The number of hydrogen-bond acceptors (Lipinski definition) is 3. The van der Waals surface area contributed by atoms with Crippen molar-refractivity contribution in [1.82, 2.24) is 0 Å². The monoisotopic (exact) mass is 543 g/mol. The van der Waals surface area contributed by atoms with Gasteiger partial charge in [0.2, 0.25) is 0 Å². The highest BCUT2D eigenvalue weighted by Gasteiger charge is 2.14. The van der Waals surface area contributed by atoms with Gasteiger partial charge >= 0.3 is 0 Å². The summed E-state index contributed by atoms with van der Waals surface area (Å²) in [6.07, 6.45) is 0. The van der Waals surface area contributed by atoms with Crippen LogP contribution >= 0.6 is 22.7 Å². The van der Waals surface area contributed by atoms with Crippen molar-refractivity contribution < 1.29 is 0 Å². The van der Waals surface area contributed by atoms with Crippen LogP contribution in [-0.2, 0) is 0 Å². The van der Waals surface area contributed by atoms with E-state index in [1.807, 2.05) is 34.8 Å². The summed E-state index contributed by atoms with van der Waals surface area (Å²) < 4.78 is 5.23. The second-order valence-corrected chi connectivity index (χ2v) is 12.2. The SMILES string of the molecule is N#Cc1ccc(-c2cc(-c3ccc4c(c3)sc3ccccc34)ccc2-c2ccc3c(c2)sc2ccccc23)cc1. The van der Waals surface area contributed by atoms with Gasteiger partial charge < -0.3 is 0 Å². The van der Waals surface area contributed by atoms with Crippen LogP contribution in [0.15, 0.2) is 127 Å². The Morgan fingerprint density at radius 1 is 0.400 bits per heavy atom. The molecular weight excluding hydrogens is 523 g/mol. The van der Waals surface area contributed by atoms with Crippen LogP contribution in [0, 0.1) is 11.3 Å². The van der Waals surface area contributed by atoms with Crippen LogP contribution in [0.2, 0.25) is 0 Å². The molecule has 8 rings (SSSR count). The molecule has 0 N–H and O–H groups in total. The molecule has 2 heterocycles. The molecule has 186 valence electrons. The minimum absolute atomic E-state index is 0.670. The summed E-state index contributed by atoms with van der Waals surface area (Å²) in [5, 5.41) is 14.6. The van der Waals surface area contributed by atoms with Gasteiger partial charge in [-0.2, -0.15) is 5.26 Å². The quantitative estimate of drug-likeness (QED) is 0.217. The lowest BCUT2D eigenvalue weighted by Crippen LogP contribution is -1.88. The van der Waals surface area contributed by atoms with Crippen molar-refractivity contribution in [2.24, 2.45) is 0 Å². The second-order valence-electron chi connectivity index (χ2n) is 10.1. The van der Waals surface area contributed by atoms with Gasteiger partial charge in [-0.3, -0.25) is 0 Å². The third kappa shape index (κ3) is 3.73. The van der Waals surface area contributed by atoms with Crippen molar-refractivity contribution >= 4 is 63.0 Å². The fourth-order valence-corrected chi connectivity index (χ4v) is 8.03. The number of thiophene rings is 2. The molecule has 6 aromatic carbocycles. The molecule has 2 aromatic heterocycles. The molecule has 0 aliphatic heterocycles. The van der Waals surface area contributed by atoms with Gasteiger partial charge in [-0.25, -0.2) is 0 Å². The molecule has 0 aliphatic rings. The zero-order valence-corrected chi connectivity index (χ0v) is 23.0. The first-order chi connectivity index (χ1) is 19.7. The molecule has 0 unspecified atom stereocenters. The Labute approximate surface area is 239 Å². The standard InChI is InChI=1S/C37H21NS2/c38-22-23-9-11-24(12-10-23)33-19-25(26-14-17-31-29-5-1-3-7-34(29)39-36(31)20-26)13-16-28(33)27-15-18-32-30-6-2-4-8-35(30)40-37(32)21-27/h1-21H. The number of hydrogen-bond donors (Lipinski definition) is 0. The van der Waals surface area contributed by atoms with Gasteiger partial charge in [0, 0.05) is 40.3 Å². The number of benzene rings is 6. The smallest absolute Gasteiger partial charge is 0.0991 e. The Morgan fingerprint density at radius 2 is 0.900 bits per heavy atom. The first kappa shape index (κ1) is 23.2. The van der Waals surface area contributed by atoms with Crippen LogP contribution in [0.1, 0.15) is 5.56 Å². The summed E-state index contributed by atoms with van der Waals surface area (Å²) in [6, 6.07) is 47.9. The van der Waals surface area contributed by atoms with Gasteiger partial charge in [0.05, 0.1) is 11.6 Å². The molecule has 0 amide bonds. The lowest BCUT2D eigenvalue weighted by molar-refractivity contribution is 1.48.